The summed E-state index contributed by atoms with van der Waals surface area (Å²) in [6.45, 7) is 5.91. The lowest BCUT2D eigenvalue weighted by Crippen LogP contribution is -2.45. The molecule has 130 valence electrons. The first-order chi connectivity index (χ1) is 10.2. The van der Waals surface area contributed by atoms with Crippen LogP contribution in [0.1, 0.15) is 35.7 Å². The van der Waals surface area contributed by atoms with E-state index in [1.165, 1.54) is 12.1 Å². The Labute approximate surface area is 143 Å². The molecule has 0 spiro atoms. The van der Waals surface area contributed by atoms with Gasteiger partial charge in [0.05, 0.1) is 4.90 Å². The van der Waals surface area contributed by atoms with Gasteiger partial charge in [-0.15, -0.1) is 12.4 Å². The van der Waals surface area contributed by atoms with Gasteiger partial charge in [-0.1, -0.05) is 13.0 Å². The molecule has 2 rings (SSSR count). The van der Waals surface area contributed by atoms with Crippen molar-refractivity contribution >= 4 is 28.3 Å². The summed E-state index contributed by atoms with van der Waals surface area (Å²) < 4.78 is 27.5. The fourth-order valence-corrected chi connectivity index (χ4v) is 3.88. The lowest BCUT2D eigenvalue weighted by Gasteiger charge is -2.34. The Morgan fingerprint density at radius 1 is 1.43 bits per heavy atom. The second-order valence-electron chi connectivity index (χ2n) is 6.26. The van der Waals surface area contributed by atoms with Crippen LogP contribution in [0.4, 0.5) is 0 Å². The normalized spacial score (nSPS) is 21.5. The molecule has 1 saturated heterocycles. The third-order valence-corrected chi connectivity index (χ3v) is 5.56. The van der Waals surface area contributed by atoms with Crippen LogP contribution in [0.25, 0.3) is 0 Å². The summed E-state index contributed by atoms with van der Waals surface area (Å²) in [6, 6.07) is 4.42. The summed E-state index contributed by atoms with van der Waals surface area (Å²) in [5, 5.41) is 3.29. The van der Waals surface area contributed by atoms with E-state index in [2.05, 4.69) is 17.0 Å². The maximum absolute atomic E-state index is 12.4. The number of hydrogen-bond acceptors (Lipinski definition) is 4. The number of benzene rings is 1. The third kappa shape index (κ3) is 4.91. The van der Waals surface area contributed by atoms with E-state index >= 15 is 0 Å². The van der Waals surface area contributed by atoms with Gasteiger partial charge in [-0.05, 0) is 49.4 Å². The molecule has 1 aromatic rings. The fourth-order valence-electron chi connectivity index (χ4n) is 2.66. The molecule has 0 aromatic heterocycles. The predicted molar refractivity (Wildman–Crippen MR) is 92.3 cm³/mol. The molecule has 0 radical (unpaired) electrons. The summed E-state index contributed by atoms with van der Waals surface area (Å²) in [4.78, 5) is 11.4. The van der Waals surface area contributed by atoms with Crippen molar-refractivity contribution in [2.45, 2.75) is 31.6 Å². The fraction of sp³-hybridized carbons (Fsp3) is 0.533. The Hall–Kier alpha value is -1.15. The quantitative estimate of drug-likeness (QED) is 0.733. The number of nitrogens with two attached hydrogens (primary N) is 1. The molecule has 1 aliphatic heterocycles. The van der Waals surface area contributed by atoms with Crippen LogP contribution < -0.4 is 15.8 Å². The number of carbonyl (C=O) groups excluding carboxylic acids is 1. The summed E-state index contributed by atoms with van der Waals surface area (Å²) in [7, 11) is -3.66. The number of carbonyl (C=O) groups is 1. The minimum absolute atomic E-state index is 0. The Morgan fingerprint density at radius 2 is 2.13 bits per heavy atom. The maximum atomic E-state index is 12.4. The Kier molecular flexibility index (Phi) is 6.59. The number of sulfonamides is 1. The smallest absolute Gasteiger partial charge is 0.249 e. The van der Waals surface area contributed by atoms with E-state index in [-0.39, 0.29) is 28.3 Å². The van der Waals surface area contributed by atoms with Gasteiger partial charge in [0.1, 0.15) is 0 Å². The van der Waals surface area contributed by atoms with Crippen LogP contribution in [0.3, 0.4) is 0 Å². The number of nitrogens with one attached hydrogen (secondary N) is 2. The molecule has 8 heteroatoms. The minimum Gasteiger partial charge on any atom is -0.366 e. The zero-order chi connectivity index (χ0) is 16.4. The van der Waals surface area contributed by atoms with Crippen molar-refractivity contribution in [3.63, 3.8) is 0 Å². The molecule has 1 fully saturated rings. The second kappa shape index (κ2) is 7.61. The van der Waals surface area contributed by atoms with Crippen molar-refractivity contribution in [3.8, 4) is 0 Å². The van der Waals surface area contributed by atoms with Gasteiger partial charge >= 0.3 is 0 Å². The molecule has 6 nitrogen and oxygen atoms in total. The van der Waals surface area contributed by atoms with E-state index in [9.17, 15) is 13.2 Å². The SMILES string of the molecule is Cc1ccc(S(=O)(=O)NCC2(C)CCCNC2)cc1C(N)=O.Cl. The number of hydrogen-bond donors (Lipinski definition) is 3. The first-order valence-corrected chi connectivity index (χ1v) is 8.83. The number of halogens is 1. The van der Waals surface area contributed by atoms with Crippen LogP contribution in [-0.4, -0.2) is 34.0 Å². The van der Waals surface area contributed by atoms with E-state index < -0.39 is 15.9 Å². The predicted octanol–water partition coefficient (Wildman–Crippen LogP) is 1.18. The lowest BCUT2D eigenvalue weighted by atomic mass is 9.83. The number of piperidine rings is 1. The van der Waals surface area contributed by atoms with E-state index in [1.807, 2.05) is 0 Å². The molecule has 1 atom stereocenters. The lowest BCUT2D eigenvalue weighted by molar-refractivity contribution is 0.0999. The van der Waals surface area contributed by atoms with Crippen molar-refractivity contribution in [1.29, 1.82) is 0 Å². The van der Waals surface area contributed by atoms with Gasteiger partial charge in [0.2, 0.25) is 15.9 Å². The molecule has 1 aromatic carbocycles. The Bertz CT molecular complexity index is 671. The molecule has 1 heterocycles. The number of aryl methyl sites for hydroxylation is 1. The Balaban J connectivity index is 0.00000264. The van der Waals surface area contributed by atoms with Crippen LogP contribution in [0.5, 0.6) is 0 Å². The zero-order valence-corrected chi connectivity index (χ0v) is 15.0. The van der Waals surface area contributed by atoms with Crippen LogP contribution in [-0.2, 0) is 10.0 Å². The average Bonchev–Trinajstić information content (AvgIpc) is 2.46. The Morgan fingerprint density at radius 3 is 2.70 bits per heavy atom. The van der Waals surface area contributed by atoms with Gasteiger partial charge < -0.3 is 11.1 Å². The van der Waals surface area contributed by atoms with E-state index in [0.717, 1.165) is 25.9 Å². The molecule has 1 amide bonds. The topological polar surface area (TPSA) is 101 Å². The molecular weight excluding hydrogens is 338 g/mol. The van der Waals surface area contributed by atoms with Crippen molar-refractivity contribution in [1.82, 2.24) is 10.0 Å². The number of amides is 1. The van der Waals surface area contributed by atoms with E-state index in [4.69, 9.17) is 5.73 Å². The van der Waals surface area contributed by atoms with Gasteiger partial charge in [-0.25, -0.2) is 13.1 Å². The van der Waals surface area contributed by atoms with Crippen molar-refractivity contribution < 1.29 is 13.2 Å². The zero-order valence-electron chi connectivity index (χ0n) is 13.4. The number of primary amides is 1. The van der Waals surface area contributed by atoms with Gasteiger partial charge in [0.15, 0.2) is 0 Å². The molecule has 1 unspecified atom stereocenters. The molecular formula is C15H24ClN3O3S. The van der Waals surface area contributed by atoms with Gasteiger partial charge in [0, 0.05) is 18.7 Å². The highest BCUT2D eigenvalue weighted by atomic mass is 35.5. The molecule has 23 heavy (non-hydrogen) atoms. The van der Waals surface area contributed by atoms with Crippen LogP contribution in [0.2, 0.25) is 0 Å². The molecule has 0 aliphatic carbocycles. The highest BCUT2D eigenvalue weighted by Crippen LogP contribution is 2.25. The first-order valence-electron chi connectivity index (χ1n) is 7.34. The standard InChI is InChI=1S/C15H23N3O3S.ClH/c1-11-4-5-12(8-13(11)14(16)19)22(20,21)18-10-15(2)6-3-7-17-9-15;/h4-5,8,17-18H,3,6-7,9-10H2,1-2H3,(H2,16,19);1H. The summed E-state index contributed by atoms with van der Waals surface area (Å²) in [5.41, 5.74) is 6.07. The summed E-state index contributed by atoms with van der Waals surface area (Å²) in [5.74, 6) is -0.627. The first kappa shape index (κ1) is 19.9. The second-order valence-corrected chi connectivity index (χ2v) is 8.02. The minimum atomic E-state index is -3.66. The molecule has 0 bridgehead atoms. The van der Waals surface area contributed by atoms with Crippen molar-refractivity contribution in [3.05, 3.63) is 29.3 Å². The van der Waals surface area contributed by atoms with Gasteiger partial charge in [-0.2, -0.15) is 0 Å². The molecule has 4 N–H and O–H groups in total. The highest BCUT2D eigenvalue weighted by molar-refractivity contribution is 7.89. The summed E-state index contributed by atoms with van der Waals surface area (Å²) in [6.07, 6.45) is 2.01. The van der Waals surface area contributed by atoms with Gasteiger partial charge in [-0.3, -0.25) is 4.79 Å². The highest BCUT2D eigenvalue weighted by Gasteiger charge is 2.29. The van der Waals surface area contributed by atoms with Crippen LogP contribution in [0, 0.1) is 12.3 Å². The van der Waals surface area contributed by atoms with E-state index in [0.29, 0.717) is 12.1 Å². The largest absolute Gasteiger partial charge is 0.366 e. The van der Waals surface area contributed by atoms with Crippen molar-refractivity contribution in [2.24, 2.45) is 11.1 Å². The molecule has 1 aliphatic rings. The summed E-state index contributed by atoms with van der Waals surface area (Å²) >= 11 is 0. The average molecular weight is 362 g/mol. The van der Waals surface area contributed by atoms with Crippen LogP contribution in [0.15, 0.2) is 23.1 Å². The third-order valence-electron chi connectivity index (χ3n) is 4.16. The van der Waals surface area contributed by atoms with Crippen LogP contribution >= 0.6 is 12.4 Å². The van der Waals surface area contributed by atoms with Crippen molar-refractivity contribution in [2.75, 3.05) is 19.6 Å². The molecule has 0 saturated carbocycles. The monoisotopic (exact) mass is 361 g/mol. The van der Waals surface area contributed by atoms with Gasteiger partial charge in [0.25, 0.3) is 0 Å². The maximum Gasteiger partial charge on any atom is 0.249 e. The number of rotatable bonds is 5. The van der Waals surface area contributed by atoms with E-state index in [1.54, 1.807) is 13.0 Å².